The van der Waals surface area contributed by atoms with E-state index in [1.54, 1.807) is 48.1 Å². The Kier molecular flexibility index (Phi) is 4.20. The molecule has 0 unspecified atom stereocenters. The number of aryl methyl sites for hydroxylation is 2. The van der Waals surface area contributed by atoms with Crippen LogP contribution in [0.1, 0.15) is 5.56 Å². The molecule has 1 aliphatic heterocycles. The van der Waals surface area contributed by atoms with Crippen molar-refractivity contribution in [3.05, 3.63) is 42.0 Å². The monoisotopic (exact) mass is 331 g/mol. The van der Waals surface area contributed by atoms with E-state index in [0.717, 1.165) is 0 Å². The average molecular weight is 331 g/mol. The summed E-state index contributed by atoms with van der Waals surface area (Å²) in [4.78, 5) is 27.6. The minimum Gasteiger partial charge on any atom is -0.313 e. The first-order valence-electron chi connectivity index (χ1n) is 7.56. The van der Waals surface area contributed by atoms with Crippen LogP contribution in [0.15, 0.2) is 30.6 Å². The summed E-state index contributed by atoms with van der Waals surface area (Å²) < 4.78 is 15.4. The number of benzene rings is 1. The van der Waals surface area contributed by atoms with Crippen LogP contribution in [-0.4, -0.2) is 46.3 Å². The number of hydrogen-bond donors (Lipinski definition) is 1. The zero-order chi connectivity index (χ0) is 17.3. The van der Waals surface area contributed by atoms with Gasteiger partial charge in [0, 0.05) is 26.3 Å². The van der Waals surface area contributed by atoms with E-state index in [0.29, 0.717) is 24.3 Å². The highest BCUT2D eigenvalue weighted by atomic mass is 19.1. The van der Waals surface area contributed by atoms with E-state index in [1.807, 2.05) is 0 Å². The standard InChI is InChI=1S/C16H18FN5O2/c1-11-4-3-5-13(17)15(11)19-16(24)21-6-7-22(14(23)10-21)12-8-18-20(2)9-12/h3-5,8-9H,6-7,10H2,1-2H3,(H,19,24). The molecule has 1 N–H and O–H groups in total. The van der Waals surface area contributed by atoms with E-state index < -0.39 is 11.8 Å². The lowest BCUT2D eigenvalue weighted by molar-refractivity contribution is -0.120. The summed E-state index contributed by atoms with van der Waals surface area (Å²) in [6, 6.07) is 4.09. The van der Waals surface area contributed by atoms with Crippen LogP contribution in [0.3, 0.4) is 0 Å². The maximum Gasteiger partial charge on any atom is 0.322 e. The molecule has 1 fully saturated rings. The van der Waals surface area contributed by atoms with Gasteiger partial charge in [0.15, 0.2) is 0 Å². The predicted octanol–water partition coefficient (Wildman–Crippen LogP) is 1.75. The normalized spacial score (nSPS) is 14.9. The van der Waals surface area contributed by atoms with E-state index in [4.69, 9.17) is 0 Å². The lowest BCUT2D eigenvalue weighted by Crippen LogP contribution is -2.53. The zero-order valence-electron chi connectivity index (χ0n) is 13.5. The van der Waals surface area contributed by atoms with Crippen LogP contribution in [0.5, 0.6) is 0 Å². The summed E-state index contributed by atoms with van der Waals surface area (Å²) in [6.07, 6.45) is 3.35. The minimum atomic E-state index is -0.497. The van der Waals surface area contributed by atoms with Crippen LogP contribution < -0.4 is 10.2 Å². The molecular formula is C16H18FN5O2. The molecule has 0 radical (unpaired) electrons. The third-order valence-electron chi connectivity index (χ3n) is 3.96. The second-order valence-electron chi connectivity index (χ2n) is 5.70. The molecule has 126 valence electrons. The van der Waals surface area contributed by atoms with Gasteiger partial charge in [-0.15, -0.1) is 0 Å². The molecule has 2 aromatic rings. The van der Waals surface area contributed by atoms with Crippen molar-refractivity contribution in [2.75, 3.05) is 29.9 Å². The fourth-order valence-electron chi connectivity index (χ4n) is 2.64. The summed E-state index contributed by atoms with van der Waals surface area (Å²) in [5.41, 5.74) is 1.47. The van der Waals surface area contributed by atoms with Crippen LogP contribution in [0.25, 0.3) is 0 Å². The van der Waals surface area contributed by atoms with Crippen molar-refractivity contribution in [2.24, 2.45) is 7.05 Å². The Labute approximate surface area is 138 Å². The van der Waals surface area contributed by atoms with E-state index in [1.165, 1.54) is 11.0 Å². The zero-order valence-corrected chi connectivity index (χ0v) is 13.5. The molecule has 1 aromatic heterocycles. The summed E-state index contributed by atoms with van der Waals surface area (Å²) >= 11 is 0. The number of amides is 3. The van der Waals surface area contributed by atoms with Gasteiger partial charge in [-0.05, 0) is 18.6 Å². The molecule has 3 amide bonds. The number of carbonyl (C=O) groups is 2. The third-order valence-corrected chi connectivity index (χ3v) is 3.96. The van der Waals surface area contributed by atoms with Crippen molar-refractivity contribution in [1.82, 2.24) is 14.7 Å². The van der Waals surface area contributed by atoms with Crippen LogP contribution in [0, 0.1) is 12.7 Å². The number of nitrogens with zero attached hydrogens (tertiary/aromatic N) is 4. The number of urea groups is 1. The Morgan fingerprint density at radius 3 is 2.75 bits per heavy atom. The Morgan fingerprint density at radius 1 is 1.33 bits per heavy atom. The van der Waals surface area contributed by atoms with Gasteiger partial charge in [-0.2, -0.15) is 5.10 Å². The highest BCUT2D eigenvalue weighted by molar-refractivity contribution is 5.99. The largest absolute Gasteiger partial charge is 0.322 e. The van der Waals surface area contributed by atoms with Gasteiger partial charge in [0.05, 0.1) is 17.6 Å². The molecule has 0 saturated carbocycles. The fourth-order valence-corrected chi connectivity index (χ4v) is 2.64. The number of carbonyl (C=O) groups excluding carboxylic acids is 2. The van der Waals surface area contributed by atoms with E-state index in [9.17, 15) is 14.0 Å². The van der Waals surface area contributed by atoms with Crippen molar-refractivity contribution in [3.63, 3.8) is 0 Å². The Bertz CT molecular complexity index is 768. The second-order valence-corrected chi connectivity index (χ2v) is 5.70. The van der Waals surface area contributed by atoms with E-state index in [-0.39, 0.29) is 18.1 Å². The maximum absolute atomic E-state index is 13.8. The van der Waals surface area contributed by atoms with Crippen molar-refractivity contribution in [3.8, 4) is 0 Å². The van der Waals surface area contributed by atoms with Crippen molar-refractivity contribution >= 4 is 23.3 Å². The van der Waals surface area contributed by atoms with E-state index in [2.05, 4.69) is 10.4 Å². The van der Waals surface area contributed by atoms with E-state index >= 15 is 0 Å². The molecule has 3 rings (SSSR count). The number of para-hydroxylation sites is 1. The minimum absolute atomic E-state index is 0.0613. The highest BCUT2D eigenvalue weighted by Gasteiger charge is 2.29. The van der Waals surface area contributed by atoms with Gasteiger partial charge in [-0.25, -0.2) is 9.18 Å². The molecule has 1 aromatic carbocycles. The molecular weight excluding hydrogens is 313 g/mol. The number of anilines is 2. The molecule has 1 aliphatic rings. The Morgan fingerprint density at radius 2 is 2.12 bits per heavy atom. The fraction of sp³-hybridized carbons (Fsp3) is 0.312. The van der Waals surface area contributed by atoms with Crippen LogP contribution in [0.2, 0.25) is 0 Å². The molecule has 0 atom stereocenters. The van der Waals surface area contributed by atoms with Crippen molar-refractivity contribution < 1.29 is 14.0 Å². The van der Waals surface area contributed by atoms with Gasteiger partial charge in [0.2, 0.25) is 5.91 Å². The highest BCUT2D eigenvalue weighted by Crippen LogP contribution is 2.20. The molecule has 24 heavy (non-hydrogen) atoms. The molecule has 0 spiro atoms. The summed E-state index contributed by atoms with van der Waals surface area (Å²) in [5, 5.41) is 6.60. The molecule has 0 bridgehead atoms. The smallest absolute Gasteiger partial charge is 0.313 e. The summed E-state index contributed by atoms with van der Waals surface area (Å²) in [7, 11) is 1.77. The quantitative estimate of drug-likeness (QED) is 0.911. The first-order valence-corrected chi connectivity index (χ1v) is 7.56. The van der Waals surface area contributed by atoms with Crippen molar-refractivity contribution in [1.29, 1.82) is 0 Å². The van der Waals surface area contributed by atoms with Crippen molar-refractivity contribution in [2.45, 2.75) is 6.92 Å². The average Bonchev–Trinajstić information content (AvgIpc) is 2.97. The lowest BCUT2D eigenvalue weighted by atomic mass is 10.2. The van der Waals surface area contributed by atoms with Gasteiger partial charge >= 0.3 is 6.03 Å². The first kappa shape index (κ1) is 16.0. The van der Waals surface area contributed by atoms with Gasteiger partial charge in [0.25, 0.3) is 0 Å². The van der Waals surface area contributed by atoms with Crippen LogP contribution in [0.4, 0.5) is 20.6 Å². The number of piperazine rings is 1. The number of hydrogen-bond acceptors (Lipinski definition) is 3. The van der Waals surface area contributed by atoms with Crippen LogP contribution >= 0.6 is 0 Å². The number of aromatic nitrogens is 2. The third kappa shape index (κ3) is 3.08. The first-order chi connectivity index (χ1) is 11.5. The Hall–Kier alpha value is -2.90. The molecule has 0 aliphatic carbocycles. The lowest BCUT2D eigenvalue weighted by Gasteiger charge is -2.33. The summed E-state index contributed by atoms with van der Waals surface area (Å²) in [5.74, 6) is -0.696. The summed E-state index contributed by atoms with van der Waals surface area (Å²) in [6.45, 7) is 2.38. The Balaban J connectivity index is 1.67. The predicted molar refractivity (Wildman–Crippen MR) is 87.3 cm³/mol. The number of halogens is 1. The molecule has 7 nitrogen and oxygen atoms in total. The topological polar surface area (TPSA) is 70.5 Å². The van der Waals surface area contributed by atoms with Gasteiger partial charge in [-0.3, -0.25) is 9.48 Å². The number of rotatable bonds is 2. The van der Waals surface area contributed by atoms with Gasteiger partial charge in [0.1, 0.15) is 12.4 Å². The SMILES string of the molecule is Cc1cccc(F)c1NC(=O)N1CCN(c2cnn(C)c2)C(=O)C1. The maximum atomic E-state index is 13.8. The molecule has 2 heterocycles. The molecule has 1 saturated heterocycles. The van der Waals surface area contributed by atoms with Gasteiger partial charge < -0.3 is 15.1 Å². The van der Waals surface area contributed by atoms with Crippen LogP contribution in [-0.2, 0) is 11.8 Å². The number of nitrogens with one attached hydrogen (secondary N) is 1. The molecule has 8 heteroatoms. The van der Waals surface area contributed by atoms with Gasteiger partial charge in [-0.1, -0.05) is 12.1 Å². The second kappa shape index (κ2) is 6.31.